The van der Waals surface area contributed by atoms with Gasteiger partial charge >= 0.3 is 7.80 Å². The van der Waals surface area contributed by atoms with E-state index in [4.69, 9.17) is 14.2 Å². The highest BCUT2D eigenvalue weighted by molar-refractivity contribution is 7.44. The van der Waals surface area contributed by atoms with Crippen LogP contribution in [0.25, 0.3) is 0 Å². The molecule has 0 spiro atoms. The lowest BCUT2D eigenvalue weighted by atomic mass is 10.1. The summed E-state index contributed by atoms with van der Waals surface area (Å²) in [6.45, 7) is 11.7. The van der Waals surface area contributed by atoms with Gasteiger partial charge in [0, 0.05) is 7.11 Å². The molecule has 5 atom stereocenters. The summed E-state index contributed by atoms with van der Waals surface area (Å²) in [6.07, 6.45) is 0.289. The lowest BCUT2D eigenvalue weighted by Gasteiger charge is -2.12. The maximum atomic E-state index is 10.8. The fraction of sp³-hybridized carbons (Fsp3) is 1.00. The predicted molar refractivity (Wildman–Crippen MR) is 75.4 cm³/mol. The fourth-order valence-electron chi connectivity index (χ4n) is 0.712. The van der Waals surface area contributed by atoms with Crippen LogP contribution in [0.15, 0.2) is 0 Å². The molecule has 0 aromatic heterocycles. The fourth-order valence-corrected chi connectivity index (χ4v) is 1.86. The largest absolute Gasteiger partial charge is 0.377 e. The molecule has 0 aromatic rings. The highest BCUT2D eigenvalue weighted by Crippen LogP contribution is 2.26. The smallest absolute Gasteiger partial charge is 0.341 e. The van der Waals surface area contributed by atoms with Gasteiger partial charge in [-0.1, -0.05) is 18.4 Å². The Kier molecular flexibility index (Phi) is 13.4. The Bertz CT molecular complexity index is 200. The van der Waals surface area contributed by atoms with Crippen LogP contribution < -0.4 is 0 Å². The molecule has 17 heavy (non-hydrogen) atoms. The normalized spacial score (nSPS) is 17.6. The molecule has 0 rings (SSSR count). The van der Waals surface area contributed by atoms with Crippen LogP contribution in [0, 0.1) is 5.92 Å². The van der Waals surface area contributed by atoms with Crippen LogP contribution in [-0.4, -0.2) is 36.5 Å². The number of methoxy groups -OCH3 is 1. The van der Waals surface area contributed by atoms with Crippen molar-refractivity contribution in [3.63, 3.8) is 0 Å². The lowest BCUT2D eigenvalue weighted by molar-refractivity contribution is 0.118. The molecule has 0 radical (unpaired) electrons. The second kappa shape index (κ2) is 11.5. The maximum absolute atomic E-state index is 10.8. The summed E-state index contributed by atoms with van der Waals surface area (Å²) in [6, 6.07) is 0. The second-order valence-electron chi connectivity index (χ2n) is 4.39. The van der Waals surface area contributed by atoms with Gasteiger partial charge in [-0.15, -0.1) is 0 Å². The molecule has 0 saturated carbocycles. The first-order chi connectivity index (χ1) is 7.77. The third-order valence-corrected chi connectivity index (χ3v) is 4.85. The van der Waals surface area contributed by atoms with Gasteiger partial charge in [0.2, 0.25) is 0 Å². The molecule has 0 heterocycles. The van der Waals surface area contributed by atoms with Crippen molar-refractivity contribution in [3.8, 4) is 0 Å². The molecule has 0 aromatic carbocycles. The van der Waals surface area contributed by atoms with Crippen LogP contribution >= 0.6 is 16.8 Å². The van der Waals surface area contributed by atoms with Crippen LogP contribution in [0.5, 0.6) is 0 Å². The summed E-state index contributed by atoms with van der Waals surface area (Å²) < 4.78 is 20.7. The van der Waals surface area contributed by atoms with Crippen molar-refractivity contribution in [2.45, 2.75) is 52.5 Å². The zero-order valence-electron chi connectivity index (χ0n) is 11.9. The molecule has 6 heteroatoms. The lowest BCUT2D eigenvalue weighted by Crippen LogP contribution is -2.17. The van der Waals surface area contributed by atoms with Gasteiger partial charge in [0.25, 0.3) is 0 Å². The minimum Gasteiger partial charge on any atom is -0.377 e. The van der Waals surface area contributed by atoms with Crippen molar-refractivity contribution in [2.75, 3.05) is 13.8 Å². The van der Waals surface area contributed by atoms with E-state index in [1.165, 1.54) is 0 Å². The molecular weight excluding hydrogens is 258 g/mol. The molecule has 4 nitrogen and oxygen atoms in total. The Labute approximate surface area is 108 Å². The quantitative estimate of drug-likeness (QED) is 0.760. The van der Waals surface area contributed by atoms with Crippen molar-refractivity contribution in [1.82, 2.24) is 0 Å². The van der Waals surface area contributed by atoms with Crippen LogP contribution in [0.2, 0.25) is 0 Å². The van der Waals surface area contributed by atoms with E-state index in [1.807, 2.05) is 20.8 Å². The number of hydrogen-bond acceptors (Lipinski definition) is 4. The van der Waals surface area contributed by atoms with Crippen LogP contribution in [0.1, 0.15) is 34.6 Å². The average molecular weight is 285 g/mol. The van der Waals surface area contributed by atoms with E-state index in [1.54, 1.807) is 13.8 Å². The topological polar surface area (TPSA) is 55.8 Å². The van der Waals surface area contributed by atoms with Gasteiger partial charge in [0.05, 0.1) is 6.10 Å². The van der Waals surface area contributed by atoms with E-state index in [2.05, 4.69) is 13.8 Å². The number of rotatable bonds is 6. The summed E-state index contributed by atoms with van der Waals surface area (Å²) >= 11 is 0. The van der Waals surface area contributed by atoms with E-state index in [0.717, 1.165) is 0 Å². The number of hydrogen-bond donors (Lipinski definition) is 1. The molecule has 104 valence electrons. The van der Waals surface area contributed by atoms with Gasteiger partial charge in [0.1, 0.15) is 12.8 Å². The van der Waals surface area contributed by atoms with E-state index in [9.17, 15) is 4.57 Å². The Morgan fingerprint density at radius 2 is 1.59 bits per heavy atom. The number of ether oxygens (including phenoxy) is 1. The SMILES string of the molecule is CC(C)C(C)OPO.COC(C)C(C)[P+](C)=O. The summed E-state index contributed by atoms with van der Waals surface area (Å²) in [5.41, 5.74) is 0.171. The van der Waals surface area contributed by atoms with Crippen molar-refractivity contribution in [2.24, 2.45) is 5.92 Å². The maximum Gasteiger partial charge on any atom is 0.341 e. The second-order valence-corrected chi connectivity index (χ2v) is 6.71. The van der Waals surface area contributed by atoms with Crippen molar-refractivity contribution >= 4 is 16.8 Å². The molecule has 0 bridgehead atoms. The van der Waals surface area contributed by atoms with E-state index in [0.29, 0.717) is 5.92 Å². The molecule has 0 saturated heterocycles. The Morgan fingerprint density at radius 1 is 1.12 bits per heavy atom. The minimum absolute atomic E-state index is 0.110. The average Bonchev–Trinajstić information content (AvgIpc) is 2.27. The molecular formula is C11H27O4P2+. The third kappa shape index (κ3) is 11.2. The van der Waals surface area contributed by atoms with Gasteiger partial charge in [0.15, 0.2) is 14.7 Å². The third-order valence-electron chi connectivity index (χ3n) is 2.80. The summed E-state index contributed by atoms with van der Waals surface area (Å²) in [4.78, 5) is 8.29. The summed E-state index contributed by atoms with van der Waals surface area (Å²) in [7, 11) is 0.188. The first kappa shape index (κ1) is 19.7. The highest BCUT2D eigenvalue weighted by Gasteiger charge is 2.25. The van der Waals surface area contributed by atoms with Gasteiger partial charge in [-0.3, -0.25) is 0 Å². The Morgan fingerprint density at radius 3 is 1.71 bits per heavy atom. The summed E-state index contributed by atoms with van der Waals surface area (Å²) in [5, 5.41) is 0. The van der Waals surface area contributed by atoms with Crippen LogP contribution in [0.4, 0.5) is 0 Å². The Hall–Kier alpha value is 0.410. The zero-order valence-corrected chi connectivity index (χ0v) is 13.8. The monoisotopic (exact) mass is 285 g/mol. The zero-order chi connectivity index (χ0) is 14.0. The van der Waals surface area contributed by atoms with Gasteiger partial charge < -0.3 is 14.2 Å². The molecule has 0 aliphatic carbocycles. The van der Waals surface area contributed by atoms with Gasteiger partial charge in [-0.05, 0) is 26.7 Å². The highest BCUT2D eigenvalue weighted by atomic mass is 31.1. The van der Waals surface area contributed by atoms with Crippen molar-refractivity contribution < 1.29 is 18.7 Å². The van der Waals surface area contributed by atoms with Crippen molar-refractivity contribution in [3.05, 3.63) is 0 Å². The molecule has 0 amide bonds. The van der Waals surface area contributed by atoms with Crippen LogP contribution in [-0.2, 0) is 13.8 Å². The molecule has 0 fully saturated rings. The van der Waals surface area contributed by atoms with Gasteiger partial charge in [-0.25, -0.2) is 0 Å². The summed E-state index contributed by atoms with van der Waals surface area (Å²) in [5.74, 6) is 0.495. The standard InChI is InChI=1S/C6H14O2P.C5H13O2P/c1-5(8-3)6(2)9(4)7;1-4(2)5(3)7-8-6/h5-6H,1-4H3;4-6,8H,1-3H3/q+1;. The van der Waals surface area contributed by atoms with Crippen LogP contribution in [0.3, 0.4) is 0 Å². The molecule has 5 unspecified atom stereocenters. The first-order valence-electron chi connectivity index (χ1n) is 5.75. The molecule has 0 aliphatic heterocycles. The van der Waals surface area contributed by atoms with E-state index in [-0.39, 0.29) is 26.9 Å². The van der Waals surface area contributed by atoms with Gasteiger partial charge in [-0.2, -0.15) is 0 Å². The predicted octanol–water partition coefficient (Wildman–Crippen LogP) is 3.42. The van der Waals surface area contributed by atoms with Crippen molar-refractivity contribution in [1.29, 1.82) is 0 Å². The molecule has 0 aliphatic rings. The first-order valence-corrected chi connectivity index (χ1v) is 8.38. The van der Waals surface area contributed by atoms with E-state index >= 15 is 0 Å². The minimum atomic E-state index is -1.08. The molecule has 1 N–H and O–H groups in total. The Balaban J connectivity index is 0. The van der Waals surface area contributed by atoms with E-state index < -0.39 is 7.80 Å².